The van der Waals surface area contributed by atoms with E-state index in [0.717, 1.165) is 25.1 Å². The topological polar surface area (TPSA) is 30.5 Å². The number of morpholine rings is 1. The fraction of sp³-hybridized carbons (Fsp3) is 0.500. The lowest BCUT2D eigenvalue weighted by molar-refractivity contribution is 0.00554. The number of rotatable bonds is 0. The molecular weight excluding hydrogens is 209 g/mol. The Morgan fingerprint density at radius 1 is 1.31 bits per heavy atom. The van der Waals surface area contributed by atoms with Crippen LogP contribution in [0.25, 0.3) is 0 Å². The molecule has 1 N–H and O–H groups in total. The van der Waals surface area contributed by atoms with Crippen molar-refractivity contribution in [1.82, 2.24) is 5.32 Å². The Bertz CT molecular complexity index is 402. The van der Waals surface area contributed by atoms with Gasteiger partial charge in [-0.25, -0.2) is 4.39 Å². The summed E-state index contributed by atoms with van der Waals surface area (Å²) in [5.74, 6) is 0.386. The van der Waals surface area contributed by atoms with Crippen molar-refractivity contribution in [1.29, 1.82) is 0 Å². The van der Waals surface area contributed by atoms with Gasteiger partial charge in [0, 0.05) is 24.6 Å². The molecular formula is C12H14FNO2. The summed E-state index contributed by atoms with van der Waals surface area (Å²) < 4.78 is 24.2. The Morgan fingerprint density at radius 3 is 3.06 bits per heavy atom. The third kappa shape index (κ3) is 1.49. The number of nitrogens with one attached hydrogen (secondary N) is 1. The molecule has 1 fully saturated rings. The minimum atomic E-state index is -0.257. The standard InChI is InChI=1S/C12H14FNO2/c13-9-1-2-10-11(7-9)16-5-3-12(10)8-15-6-4-14-12/h1-2,7,14H,3-6,8H2/t12-/m0/s1. The highest BCUT2D eigenvalue weighted by molar-refractivity contribution is 5.41. The second-order valence-electron chi connectivity index (χ2n) is 4.30. The Labute approximate surface area is 93.6 Å². The Hall–Kier alpha value is -1.13. The third-order valence-electron chi connectivity index (χ3n) is 3.30. The van der Waals surface area contributed by atoms with Gasteiger partial charge >= 0.3 is 0 Å². The fourth-order valence-electron chi connectivity index (χ4n) is 2.47. The molecule has 0 unspecified atom stereocenters. The Balaban J connectivity index is 2.04. The first-order valence-corrected chi connectivity index (χ1v) is 5.56. The summed E-state index contributed by atoms with van der Waals surface area (Å²) in [4.78, 5) is 0. The normalized spacial score (nSPS) is 28.6. The maximum absolute atomic E-state index is 13.1. The molecule has 0 radical (unpaired) electrons. The van der Waals surface area contributed by atoms with Gasteiger partial charge in [0.2, 0.25) is 0 Å². The molecule has 2 heterocycles. The molecule has 16 heavy (non-hydrogen) atoms. The number of benzene rings is 1. The van der Waals surface area contributed by atoms with Gasteiger partial charge in [0.05, 0.1) is 25.4 Å². The number of hydrogen-bond donors (Lipinski definition) is 1. The zero-order valence-electron chi connectivity index (χ0n) is 8.96. The zero-order chi connectivity index (χ0) is 11.0. The fourth-order valence-corrected chi connectivity index (χ4v) is 2.47. The lowest BCUT2D eigenvalue weighted by atomic mass is 9.84. The molecule has 1 saturated heterocycles. The van der Waals surface area contributed by atoms with Crippen LogP contribution in [0.2, 0.25) is 0 Å². The molecule has 3 rings (SSSR count). The largest absolute Gasteiger partial charge is 0.493 e. The van der Waals surface area contributed by atoms with Crippen LogP contribution in [0.1, 0.15) is 12.0 Å². The highest BCUT2D eigenvalue weighted by Crippen LogP contribution is 2.38. The predicted molar refractivity (Wildman–Crippen MR) is 57.0 cm³/mol. The molecule has 86 valence electrons. The molecule has 0 aromatic heterocycles. The van der Waals surface area contributed by atoms with E-state index in [0.29, 0.717) is 19.0 Å². The van der Waals surface area contributed by atoms with Gasteiger partial charge in [-0.3, -0.25) is 0 Å². The molecule has 0 amide bonds. The van der Waals surface area contributed by atoms with Crippen molar-refractivity contribution in [3.8, 4) is 5.75 Å². The number of ether oxygens (including phenoxy) is 2. The van der Waals surface area contributed by atoms with Gasteiger partial charge < -0.3 is 14.8 Å². The van der Waals surface area contributed by atoms with Crippen LogP contribution < -0.4 is 10.1 Å². The van der Waals surface area contributed by atoms with Crippen molar-refractivity contribution in [3.05, 3.63) is 29.6 Å². The van der Waals surface area contributed by atoms with Crippen molar-refractivity contribution in [2.24, 2.45) is 0 Å². The maximum atomic E-state index is 13.1. The molecule has 0 bridgehead atoms. The van der Waals surface area contributed by atoms with E-state index in [9.17, 15) is 4.39 Å². The first kappa shape index (κ1) is 10.1. The van der Waals surface area contributed by atoms with E-state index in [-0.39, 0.29) is 11.4 Å². The van der Waals surface area contributed by atoms with Crippen molar-refractivity contribution in [2.45, 2.75) is 12.0 Å². The smallest absolute Gasteiger partial charge is 0.127 e. The summed E-state index contributed by atoms with van der Waals surface area (Å²) in [5.41, 5.74) is 0.833. The van der Waals surface area contributed by atoms with Crippen LogP contribution >= 0.6 is 0 Å². The lowest BCUT2D eigenvalue weighted by Crippen LogP contribution is -2.54. The van der Waals surface area contributed by atoms with E-state index in [1.54, 1.807) is 6.07 Å². The van der Waals surface area contributed by atoms with Gasteiger partial charge in [0.1, 0.15) is 11.6 Å². The summed E-state index contributed by atoms with van der Waals surface area (Å²) in [6.45, 7) is 2.80. The molecule has 4 heteroatoms. The molecule has 1 atom stereocenters. The Kier molecular flexibility index (Phi) is 2.33. The number of halogens is 1. The van der Waals surface area contributed by atoms with E-state index in [1.807, 2.05) is 0 Å². The predicted octanol–water partition coefficient (Wildman–Crippen LogP) is 1.42. The van der Waals surface area contributed by atoms with Gasteiger partial charge in [0.15, 0.2) is 0 Å². The van der Waals surface area contributed by atoms with Crippen molar-refractivity contribution in [3.63, 3.8) is 0 Å². The highest BCUT2D eigenvalue weighted by atomic mass is 19.1. The first-order chi connectivity index (χ1) is 7.80. The summed E-state index contributed by atoms with van der Waals surface area (Å²) in [6, 6.07) is 4.73. The summed E-state index contributed by atoms with van der Waals surface area (Å²) in [6.07, 6.45) is 0.867. The average Bonchev–Trinajstić information content (AvgIpc) is 2.30. The van der Waals surface area contributed by atoms with Crippen molar-refractivity contribution in [2.75, 3.05) is 26.4 Å². The van der Waals surface area contributed by atoms with Gasteiger partial charge in [-0.15, -0.1) is 0 Å². The van der Waals surface area contributed by atoms with E-state index >= 15 is 0 Å². The van der Waals surface area contributed by atoms with E-state index in [1.165, 1.54) is 12.1 Å². The van der Waals surface area contributed by atoms with Crippen LogP contribution in [0.4, 0.5) is 4.39 Å². The first-order valence-electron chi connectivity index (χ1n) is 5.56. The van der Waals surface area contributed by atoms with Crippen molar-refractivity contribution >= 4 is 0 Å². The maximum Gasteiger partial charge on any atom is 0.127 e. The molecule has 3 nitrogen and oxygen atoms in total. The summed E-state index contributed by atoms with van der Waals surface area (Å²) >= 11 is 0. The minimum absolute atomic E-state index is 0.181. The van der Waals surface area contributed by atoms with Gasteiger partial charge in [-0.05, 0) is 6.07 Å². The van der Waals surface area contributed by atoms with Crippen LogP contribution in [-0.4, -0.2) is 26.4 Å². The molecule has 1 aromatic carbocycles. The van der Waals surface area contributed by atoms with Crippen LogP contribution in [0, 0.1) is 5.82 Å². The summed E-state index contributed by atoms with van der Waals surface area (Å²) in [7, 11) is 0. The molecule has 0 saturated carbocycles. The highest BCUT2D eigenvalue weighted by Gasteiger charge is 2.39. The monoisotopic (exact) mass is 223 g/mol. The van der Waals surface area contributed by atoms with Crippen LogP contribution in [0.3, 0.4) is 0 Å². The number of fused-ring (bicyclic) bond motifs is 2. The van der Waals surface area contributed by atoms with Crippen LogP contribution in [0.5, 0.6) is 5.75 Å². The average molecular weight is 223 g/mol. The minimum Gasteiger partial charge on any atom is -0.493 e. The van der Waals surface area contributed by atoms with Crippen LogP contribution in [0.15, 0.2) is 18.2 Å². The quantitative estimate of drug-likeness (QED) is 0.721. The van der Waals surface area contributed by atoms with E-state index in [2.05, 4.69) is 5.32 Å². The third-order valence-corrected chi connectivity index (χ3v) is 3.30. The number of hydrogen-bond acceptors (Lipinski definition) is 3. The Morgan fingerprint density at radius 2 is 2.25 bits per heavy atom. The molecule has 2 aliphatic rings. The van der Waals surface area contributed by atoms with Gasteiger partial charge in [-0.1, -0.05) is 6.07 Å². The second kappa shape index (κ2) is 3.71. The molecule has 1 aromatic rings. The van der Waals surface area contributed by atoms with E-state index in [4.69, 9.17) is 9.47 Å². The van der Waals surface area contributed by atoms with Crippen LogP contribution in [-0.2, 0) is 10.3 Å². The lowest BCUT2D eigenvalue weighted by Gasteiger charge is -2.42. The van der Waals surface area contributed by atoms with Gasteiger partial charge in [-0.2, -0.15) is 0 Å². The second-order valence-corrected chi connectivity index (χ2v) is 4.30. The summed E-state index contributed by atoms with van der Waals surface area (Å²) in [5, 5.41) is 3.48. The molecule has 2 aliphatic heterocycles. The molecule has 0 aliphatic carbocycles. The van der Waals surface area contributed by atoms with Crippen molar-refractivity contribution < 1.29 is 13.9 Å². The zero-order valence-corrected chi connectivity index (χ0v) is 8.96. The molecule has 1 spiro atoms. The SMILES string of the molecule is Fc1ccc2c(c1)OCC[C@]21COCCN1. The van der Waals surface area contributed by atoms with Gasteiger partial charge in [0.25, 0.3) is 0 Å². The van der Waals surface area contributed by atoms with E-state index < -0.39 is 0 Å².